The number of carbonyl (C=O) groups excluding carboxylic acids is 1. The number of aliphatic hydroxyl groups is 2. The first kappa shape index (κ1) is 23.2. The van der Waals surface area contributed by atoms with Gasteiger partial charge in [-0.1, -0.05) is 20.8 Å². The molecule has 0 aromatic rings. The number of hydrogen-bond acceptors (Lipinski definition) is 6. The van der Waals surface area contributed by atoms with Gasteiger partial charge >= 0.3 is 29.6 Å². The Hall–Kier alpha value is 0.300. The predicted octanol–water partition coefficient (Wildman–Crippen LogP) is 0.0587. The minimum atomic E-state index is -4.38. The number of aliphatic hydroxyl groups excluding tert-OH is 1. The Morgan fingerprint density at radius 1 is 1.20 bits per heavy atom. The van der Waals surface area contributed by atoms with E-state index in [1.165, 1.54) is 0 Å². The molecule has 0 heterocycles. The van der Waals surface area contributed by atoms with Gasteiger partial charge in [0.05, 0.1) is 29.4 Å². The maximum Gasteiger partial charge on any atom is 1.00 e. The number of nitrogens with one attached hydrogen (secondary N) is 1. The first-order valence-corrected chi connectivity index (χ1v) is 14.4. The molecule has 4 rings (SSSR count). The minimum absolute atomic E-state index is 0. The zero-order chi connectivity index (χ0) is 29.4. The standard InChI is InChI=1S/C26H45NO6S.Na/c1-16(4-7-23(30)27-12-13-34(31,32)33)19-5-6-20-24-21(9-11-26(19,20)3)25(2)10-8-18(28)14-17(25)15-22(24)29;/h16-22,24,28-29H,4-15H2,1-3H3,(H,27,30)(H,31,32,33);/q;+1/p-1/t16-,17+,18-,19-,20+,21+,22-,24+,25+,26-;/m1./s1/i8D2,14D2,18D;. The summed E-state index contributed by atoms with van der Waals surface area (Å²) in [5.74, 6) is -1.32. The molecule has 196 valence electrons. The molecule has 0 aromatic heterocycles. The van der Waals surface area contributed by atoms with Crippen molar-refractivity contribution in [2.45, 2.75) is 97.1 Å². The van der Waals surface area contributed by atoms with Crippen molar-refractivity contribution >= 4 is 16.0 Å². The van der Waals surface area contributed by atoms with Crippen LogP contribution in [0.5, 0.6) is 0 Å². The average Bonchev–Trinajstić information content (AvgIpc) is 3.14. The van der Waals surface area contributed by atoms with Crippen LogP contribution in [0.2, 0.25) is 0 Å². The molecule has 9 heteroatoms. The molecule has 35 heavy (non-hydrogen) atoms. The van der Waals surface area contributed by atoms with Crippen molar-refractivity contribution in [2.75, 3.05) is 12.3 Å². The molecule has 0 aromatic carbocycles. The van der Waals surface area contributed by atoms with Crippen molar-refractivity contribution in [2.24, 2.45) is 46.3 Å². The SMILES string of the molecule is [2H]C1([2H])C[C@@]2(C)[C@H](C[C@@H](O)[C@@H]3[C@@H]2CC[C@]2(C)[C@@H]([C@H](C)CCC(=O)NCCS(=O)(=O)[O-])CC[C@@H]32)C([2H])([2H])[C@]1([2H])O.[Na+]. The van der Waals surface area contributed by atoms with E-state index >= 15 is 0 Å². The average molecular weight is 527 g/mol. The second-order valence-corrected chi connectivity index (χ2v) is 13.4. The number of rotatable bonds is 7. The van der Waals surface area contributed by atoms with Gasteiger partial charge in [-0.25, -0.2) is 8.42 Å². The van der Waals surface area contributed by atoms with E-state index in [2.05, 4.69) is 19.2 Å². The maximum absolute atomic E-state index is 12.2. The minimum Gasteiger partial charge on any atom is -0.748 e. The molecule has 0 aliphatic heterocycles. The van der Waals surface area contributed by atoms with E-state index in [1.807, 2.05) is 6.92 Å². The fraction of sp³-hybridized carbons (Fsp3) is 0.962. The fourth-order valence-corrected chi connectivity index (χ4v) is 8.69. The smallest absolute Gasteiger partial charge is 0.748 e. The zero-order valence-corrected chi connectivity index (χ0v) is 24.4. The molecule has 0 unspecified atom stereocenters. The molecule has 4 saturated carbocycles. The van der Waals surface area contributed by atoms with E-state index in [-0.39, 0.29) is 90.4 Å². The molecule has 10 atom stereocenters. The summed E-state index contributed by atoms with van der Waals surface area (Å²) in [7, 11) is -4.38. The van der Waals surface area contributed by atoms with Crippen molar-refractivity contribution in [1.29, 1.82) is 0 Å². The Morgan fingerprint density at radius 2 is 1.89 bits per heavy atom. The van der Waals surface area contributed by atoms with Crippen molar-refractivity contribution in [3.63, 3.8) is 0 Å². The Labute approximate surface area is 240 Å². The van der Waals surface area contributed by atoms with Gasteiger partial charge in [-0.2, -0.15) is 0 Å². The molecule has 0 radical (unpaired) electrons. The van der Waals surface area contributed by atoms with Gasteiger partial charge in [-0.3, -0.25) is 4.79 Å². The largest absolute Gasteiger partial charge is 1.00 e. The van der Waals surface area contributed by atoms with Crippen LogP contribution in [0.15, 0.2) is 0 Å². The van der Waals surface area contributed by atoms with Crippen LogP contribution in [-0.4, -0.2) is 53.6 Å². The molecule has 3 N–H and O–H groups in total. The summed E-state index contributed by atoms with van der Waals surface area (Å²) in [6, 6.07) is 0. The van der Waals surface area contributed by atoms with Crippen LogP contribution in [0.25, 0.3) is 0 Å². The van der Waals surface area contributed by atoms with E-state index in [9.17, 15) is 28.0 Å². The summed E-state index contributed by atoms with van der Waals surface area (Å²) in [6.45, 7) is 6.08. The molecular formula is C26H44NNaO6S. The molecule has 0 bridgehead atoms. The van der Waals surface area contributed by atoms with Crippen LogP contribution < -0.4 is 34.9 Å². The molecule has 1 amide bonds. The fourth-order valence-electron chi connectivity index (χ4n) is 8.33. The van der Waals surface area contributed by atoms with Gasteiger partial charge in [0.25, 0.3) is 0 Å². The quantitative estimate of drug-likeness (QED) is 0.318. The summed E-state index contributed by atoms with van der Waals surface area (Å²) in [6.07, 6.45) is -4.46. The number of carbonyl (C=O) groups is 1. The van der Waals surface area contributed by atoms with Crippen LogP contribution >= 0.6 is 0 Å². The van der Waals surface area contributed by atoms with E-state index in [0.717, 1.165) is 19.3 Å². The second-order valence-electron chi connectivity index (χ2n) is 11.9. The third kappa shape index (κ3) is 5.99. The number of hydrogen-bond donors (Lipinski definition) is 3. The summed E-state index contributed by atoms with van der Waals surface area (Å²) >= 11 is 0. The number of amides is 1. The first-order valence-electron chi connectivity index (χ1n) is 15.3. The van der Waals surface area contributed by atoms with Crippen LogP contribution in [0.4, 0.5) is 0 Å². The van der Waals surface area contributed by atoms with Crippen LogP contribution in [0.3, 0.4) is 0 Å². The van der Waals surface area contributed by atoms with Gasteiger partial charge in [-0.15, -0.1) is 0 Å². The van der Waals surface area contributed by atoms with Crippen molar-refractivity contribution < 1.29 is 64.4 Å². The first-order chi connectivity index (χ1) is 17.7. The maximum atomic E-state index is 12.2. The van der Waals surface area contributed by atoms with Gasteiger partial charge in [-0.05, 0) is 104 Å². The van der Waals surface area contributed by atoms with Crippen LogP contribution in [0, 0.1) is 46.3 Å². The van der Waals surface area contributed by atoms with Gasteiger partial charge in [0.15, 0.2) is 0 Å². The molecule has 4 fully saturated rings. The zero-order valence-electron chi connectivity index (χ0n) is 26.5. The Morgan fingerprint density at radius 3 is 2.57 bits per heavy atom. The van der Waals surface area contributed by atoms with E-state index < -0.39 is 52.1 Å². The van der Waals surface area contributed by atoms with E-state index in [0.29, 0.717) is 18.8 Å². The molecule has 7 nitrogen and oxygen atoms in total. The van der Waals surface area contributed by atoms with Gasteiger partial charge in [0.2, 0.25) is 5.91 Å². The second kappa shape index (κ2) is 11.2. The topological polar surface area (TPSA) is 127 Å². The Bertz CT molecular complexity index is 1080. The summed E-state index contributed by atoms with van der Waals surface area (Å²) < 4.78 is 74.8. The van der Waals surface area contributed by atoms with E-state index in [1.54, 1.807) is 0 Å². The third-order valence-electron chi connectivity index (χ3n) is 10.1. The summed E-state index contributed by atoms with van der Waals surface area (Å²) in [5, 5.41) is 24.7. The van der Waals surface area contributed by atoms with E-state index in [4.69, 9.17) is 6.85 Å². The van der Waals surface area contributed by atoms with Gasteiger partial charge in [0, 0.05) is 18.4 Å². The van der Waals surface area contributed by atoms with Crippen molar-refractivity contribution in [3.8, 4) is 0 Å². The molecular weight excluding hydrogens is 477 g/mol. The van der Waals surface area contributed by atoms with Gasteiger partial charge in [0.1, 0.15) is 0 Å². The molecule has 0 saturated heterocycles. The van der Waals surface area contributed by atoms with Crippen LogP contribution in [-0.2, 0) is 14.9 Å². The Kier molecular flexibility index (Phi) is 7.42. The van der Waals surface area contributed by atoms with Crippen LogP contribution in [0.1, 0.15) is 91.7 Å². The summed E-state index contributed by atoms with van der Waals surface area (Å²) in [5.41, 5.74) is -0.897. The molecule has 4 aliphatic carbocycles. The molecule has 0 spiro atoms. The predicted molar refractivity (Wildman–Crippen MR) is 129 cm³/mol. The normalized spacial score (nSPS) is 50.9. The van der Waals surface area contributed by atoms with Crippen molar-refractivity contribution in [1.82, 2.24) is 5.32 Å². The third-order valence-corrected chi connectivity index (χ3v) is 10.8. The molecule has 4 aliphatic rings. The Balaban J connectivity index is 0.00000441. The monoisotopic (exact) mass is 526 g/mol. The number of fused-ring (bicyclic) bond motifs is 5. The van der Waals surface area contributed by atoms with Gasteiger partial charge < -0.3 is 20.1 Å². The summed E-state index contributed by atoms with van der Waals surface area (Å²) in [4.78, 5) is 12.2. The van der Waals surface area contributed by atoms with Crippen molar-refractivity contribution in [3.05, 3.63) is 0 Å².